The van der Waals surface area contributed by atoms with E-state index < -0.39 is 11.8 Å². The minimum absolute atomic E-state index is 0.0966. The molecule has 1 aromatic rings. The van der Waals surface area contributed by atoms with Gasteiger partial charge in [0.25, 0.3) is 0 Å². The molecule has 0 fully saturated rings. The molecule has 0 atom stereocenters. The maximum atomic E-state index is 12.9. The van der Waals surface area contributed by atoms with Crippen LogP contribution in [0.5, 0.6) is 5.75 Å². The number of carbonyl (C=O) groups excluding carboxylic acids is 2. The molecule has 0 heterocycles. The zero-order valence-corrected chi connectivity index (χ0v) is 11.6. The van der Waals surface area contributed by atoms with Gasteiger partial charge in [0.05, 0.1) is 6.61 Å². The smallest absolute Gasteiger partial charge is 0.311 e. The van der Waals surface area contributed by atoms with Crippen molar-refractivity contribution >= 4 is 11.9 Å². The Balaban J connectivity index is 2.18. The van der Waals surface area contributed by atoms with Gasteiger partial charge in [-0.15, -0.1) is 0 Å². The lowest BCUT2D eigenvalue weighted by atomic mass is 10.2. The van der Waals surface area contributed by atoms with Gasteiger partial charge in [-0.2, -0.15) is 0 Å². The van der Waals surface area contributed by atoms with Crippen molar-refractivity contribution in [2.75, 3.05) is 6.61 Å². The van der Waals surface area contributed by atoms with Crippen molar-refractivity contribution in [2.24, 2.45) is 0 Å². The van der Waals surface area contributed by atoms with Crippen LogP contribution in [0.25, 0.3) is 0 Å². The summed E-state index contributed by atoms with van der Waals surface area (Å²) in [5.74, 6) is -1.09. The van der Waals surface area contributed by atoms with Crippen molar-refractivity contribution in [2.45, 2.75) is 39.0 Å². The summed E-state index contributed by atoms with van der Waals surface area (Å²) < 4.78 is 22.8. The molecule has 1 rings (SSSR count). The standard InChI is InChI=1S/C15H19FO4/c1-2-3-10-19-14(17)8-5-9-15(18)20-13-7-4-6-12(16)11-13/h4,6-7,11H,2-3,5,8-10H2,1H3. The normalized spacial score (nSPS) is 10.1. The van der Waals surface area contributed by atoms with Crippen LogP contribution in [0.3, 0.4) is 0 Å². The summed E-state index contributed by atoms with van der Waals surface area (Å²) in [6.07, 6.45) is 2.45. The minimum Gasteiger partial charge on any atom is -0.466 e. The zero-order chi connectivity index (χ0) is 14.8. The third kappa shape index (κ3) is 6.87. The molecule has 0 spiro atoms. The van der Waals surface area contributed by atoms with Crippen LogP contribution in [0, 0.1) is 5.82 Å². The van der Waals surface area contributed by atoms with E-state index in [0.29, 0.717) is 13.0 Å². The number of benzene rings is 1. The van der Waals surface area contributed by atoms with Crippen molar-refractivity contribution < 1.29 is 23.5 Å². The van der Waals surface area contributed by atoms with Crippen molar-refractivity contribution in [3.63, 3.8) is 0 Å². The van der Waals surface area contributed by atoms with E-state index in [-0.39, 0.29) is 24.6 Å². The Labute approximate surface area is 117 Å². The predicted molar refractivity (Wildman–Crippen MR) is 71.8 cm³/mol. The Morgan fingerprint density at radius 2 is 1.90 bits per heavy atom. The van der Waals surface area contributed by atoms with E-state index in [1.165, 1.54) is 18.2 Å². The highest BCUT2D eigenvalue weighted by molar-refractivity contribution is 5.74. The van der Waals surface area contributed by atoms with Crippen LogP contribution in [0.15, 0.2) is 24.3 Å². The van der Waals surface area contributed by atoms with Gasteiger partial charge < -0.3 is 9.47 Å². The third-order valence-corrected chi connectivity index (χ3v) is 2.55. The molecule has 4 nitrogen and oxygen atoms in total. The molecule has 0 aliphatic carbocycles. The number of hydrogen-bond acceptors (Lipinski definition) is 4. The Kier molecular flexibility index (Phi) is 7.32. The Hall–Kier alpha value is -1.91. The van der Waals surface area contributed by atoms with Gasteiger partial charge in [-0.1, -0.05) is 19.4 Å². The molecule has 0 aliphatic rings. The molecule has 1 aromatic carbocycles. The van der Waals surface area contributed by atoms with E-state index in [0.717, 1.165) is 18.9 Å². The van der Waals surface area contributed by atoms with Gasteiger partial charge in [0, 0.05) is 18.9 Å². The van der Waals surface area contributed by atoms with Crippen LogP contribution in [0.1, 0.15) is 39.0 Å². The van der Waals surface area contributed by atoms with Gasteiger partial charge in [0.1, 0.15) is 11.6 Å². The Bertz CT molecular complexity index is 445. The number of ether oxygens (including phenoxy) is 2. The first-order valence-corrected chi connectivity index (χ1v) is 6.73. The van der Waals surface area contributed by atoms with E-state index in [1.807, 2.05) is 6.92 Å². The van der Waals surface area contributed by atoms with Crippen molar-refractivity contribution in [3.8, 4) is 5.75 Å². The van der Waals surface area contributed by atoms with Gasteiger partial charge >= 0.3 is 11.9 Å². The van der Waals surface area contributed by atoms with Crippen LogP contribution in [-0.2, 0) is 14.3 Å². The Morgan fingerprint density at radius 3 is 2.60 bits per heavy atom. The highest BCUT2D eigenvalue weighted by Crippen LogP contribution is 2.13. The van der Waals surface area contributed by atoms with E-state index >= 15 is 0 Å². The maximum absolute atomic E-state index is 12.9. The predicted octanol–water partition coefficient (Wildman–Crippen LogP) is 3.24. The van der Waals surface area contributed by atoms with Crippen LogP contribution < -0.4 is 4.74 Å². The maximum Gasteiger partial charge on any atom is 0.311 e. The largest absolute Gasteiger partial charge is 0.466 e. The molecule has 0 aromatic heterocycles. The van der Waals surface area contributed by atoms with Crippen LogP contribution in [0.4, 0.5) is 4.39 Å². The average molecular weight is 282 g/mol. The summed E-state index contributed by atoms with van der Waals surface area (Å²) in [6, 6.07) is 5.36. The molecule has 0 saturated heterocycles. The summed E-state index contributed by atoms with van der Waals surface area (Å²) in [4.78, 5) is 22.7. The molecule has 0 unspecified atom stereocenters. The van der Waals surface area contributed by atoms with E-state index in [9.17, 15) is 14.0 Å². The minimum atomic E-state index is -0.489. The van der Waals surface area contributed by atoms with Crippen LogP contribution in [-0.4, -0.2) is 18.5 Å². The third-order valence-electron chi connectivity index (χ3n) is 2.55. The second-order valence-corrected chi connectivity index (χ2v) is 4.36. The first-order chi connectivity index (χ1) is 9.61. The summed E-state index contributed by atoms with van der Waals surface area (Å²) >= 11 is 0. The number of carbonyl (C=O) groups is 2. The van der Waals surface area contributed by atoms with Gasteiger partial charge in [-0.05, 0) is 25.0 Å². The average Bonchev–Trinajstić information content (AvgIpc) is 2.39. The van der Waals surface area contributed by atoms with E-state index in [4.69, 9.17) is 9.47 Å². The molecule has 0 saturated carbocycles. The number of hydrogen-bond donors (Lipinski definition) is 0. The van der Waals surface area contributed by atoms with Gasteiger partial charge in [0.15, 0.2) is 0 Å². The van der Waals surface area contributed by atoms with Gasteiger partial charge in [-0.25, -0.2) is 4.39 Å². The second-order valence-electron chi connectivity index (χ2n) is 4.36. The molecule has 0 N–H and O–H groups in total. The molecule has 0 radical (unpaired) electrons. The highest BCUT2D eigenvalue weighted by Gasteiger charge is 2.08. The lowest BCUT2D eigenvalue weighted by molar-refractivity contribution is -0.144. The molecular weight excluding hydrogens is 263 g/mol. The number of esters is 2. The van der Waals surface area contributed by atoms with Crippen LogP contribution >= 0.6 is 0 Å². The van der Waals surface area contributed by atoms with Crippen LogP contribution in [0.2, 0.25) is 0 Å². The number of halogens is 1. The topological polar surface area (TPSA) is 52.6 Å². The SMILES string of the molecule is CCCCOC(=O)CCCC(=O)Oc1cccc(F)c1. The zero-order valence-electron chi connectivity index (χ0n) is 11.6. The number of rotatable bonds is 8. The summed E-state index contributed by atoms with van der Waals surface area (Å²) in [5.41, 5.74) is 0. The summed E-state index contributed by atoms with van der Waals surface area (Å²) in [5, 5.41) is 0. The molecule has 20 heavy (non-hydrogen) atoms. The fraction of sp³-hybridized carbons (Fsp3) is 0.467. The van der Waals surface area contributed by atoms with Crippen molar-refractivity contribution in [3.05, 3.63) is 30.1 Å². The lowest BCUT2D eigenvalue weighted by Crippen LogP contribution is -2.10. The fourth-order valence-corrected chi connectivity index (χ4v) is 1.49. The summed E-state index contributed by atoms with van der Waals surface area (Å²) in [7, 11) is 0. The first kappa shape index (κ1) is 16.1. The van der Waals surface area contributed by atoms with E-state index in [1.54, 1.807) is 0 Å². The fourth-order valence-electron chi connectivity index (χ4n) is 1.49. The molecule has 0 bridgehead atoms. The quantitative estimate of drug-likeness (QED) is 0.417. The van der Waals surface area contributed by atoms with Crippen molar-refractivity contribution in [1.82, 2.24) is 0 Å². The lowest BCUT2D eigenvalue weighted by Gasteiger charge is -2.05. The van der Waals surface area contributed by atoms with E-state index in [2.05, 4.69) is 0 Å². The molecule has 5 heteroatoms. The first-order valence-electron chi connectivity index (χ1n) is 6.73. The van der Waals surface area contributed by atoms with Gasteiger partial charge in [0.2, 0.25) is 0 Å². The second kappa shape index (κ2) is 9.07. The monoisotopic (exact) mass is 282 g/mol. The molecule has 0 aliphatic heterocycles. The van der Waals surface area contributed by atoms with Crippen molar-refractivity contribution in [1.29, 1.82) is 0 Å². The molecule has 110 valence electrons. The van der Waals surface area contributed by atoms with Gasteiger partial charge in [-0.3, -0.25) is 9.59 Å². The molecular formula is C15H19FO4. The Morgan fingerprint density at radius 1 is 1.15 bits per heavy atom. The summed E-state index contributed by atoms with van der Waals surface area (Å²) in [6.45, 7) is 2.43. The highest BCUT2D eigenvalue weighted by atomic mass is 19.1. The molecule has 0 amide bonds. The number of unbranched alkanes of at least 4 members (excludes halogenated alkanes) is 1.